The van der Waals surface area contributed by atoms with E-state index in [4.69, 9.17) is 19.2 Å². The van der Waals surface area contributed by atoms with Crippen LogP contribution in [0.2, 0.25) is 0 Å². The van der Waals surface area contributed by atoms with Gasteiger partial charge in [-0.2, -0.15) is 0 Å². The third-order valence-electron chi connectivity index (χ3n) is 7.24. The molecule has 0 aliphatic carbocycles. The molecular formula is C32H30N2O6S. The zero-order valence-electron chi connectivity index (χ0n) is 23.3. The molecule has 0 saturated carbocycles. The molecule has 9 heteroatoms. The van der Waals surface area contributed by atoms with Gasteiger partial charge in [0.2, 0.25) is 0 Å². The molecule has 210 valence electrons. The van der Waals surface area contributed by atoms with E-state index in [1.54, 1.807) is 30.3 Å². The zero-order chi connectivity index (χ0) is 28.8. The molecule has 3 aromatic carbocycles. The van der Waals surface area contributed by atoms with E-state index >= 15 is 0 Å². The Kier molecular flexibility index (Phi) is 6.91. The number of anilines is 1. The number of fused-ring (bicyclic) bond motifs is 2. The largest absolute Gasteiger partial charge is 0.507 e. The second-order valence-electron chi connectivity index (χ2n) is 10.2. The molecule has 1 aromatic heterocycles. The van der Waals surface area contributed by atoms with Crippen LogP contribution in [0.25, 0.3) is 16.0 Å². The number of carbonyl (C=O) groups excluding carboxylic acids is 2. The molecule has 2 aliphatic rings. The number of amides is 1. The quantitative estimate of drug-likeness (QED) is 0.157. The Morgan fingerprint density at radius 1 is 1.05 bits per heavy atom. The maximum absolute atomic E-state index is 13.7. The fraction of sp³-hybridized carbons (Fsp3) is 0.281. The predicted molar refractivity (Wildman–Crippen MR) is 158 cm³/mol. The van der Waals surface area contributed by atoms with Gasteiger partial charge in [0.25, 0.3) is 5.78 Å². The summed E-state index contributed by atoms with van der Waals surface area (Å²) in [5, 5.41) is 12.0. The molecule has 2 aliphatic heterocycles. The molecule has 1 saturated heterocycles. The molecule has 6 rings (SSSR count). The number of aromatic nitrogens is 1. The Bertz CT molecular complexity index is 1720. The SMILES string of the molecule is CCOc1ccc(C2/C(=C(/O)c3ccc4c(c3)CC(C)O4)C(=O)C(=O)N2c2nc3ccc(C)cc3s2)cc1OCC. The highest BCUT2D eigenvalue weighted by molar-refractivity contribution is 7.22. The van der Waals surface area contributed by atoms with Gasteiger partial charge in [-0.25, -0.2) is 4.98 Å². The van der Waals surface area contributed by atoms with Crippen molar-refractivity contribution in [1.82, 2.24) is 4.98 Å². The number of ether oxygens (including phenoxy) is 3. The first kappa shape index (κ1) is 26.8. The third kappa shape index (κ3) is 4.70. The zero-order valence-corrected chi connectivity index (χ0v) is 24.1. The van der Waals surface area contributed by atoms with Gasteiger partial charge in [-0.1, -0.05) is 23.5 Å². The predicted octanol–water partition coefficient (Wildman–Crippen LogP) is 6.35. The third-order valence-corrected chi connectivity index (χ3v) is 8.25. The van der Waals surface area contributed by atoms with Crippen molar-refractivity contribution in [3.05, 3.63) is 82.4 Å². The van der Waals surface area contributed by atoms with Gasteiger partial charge < -0.3 is 19.3 Å². The first-order valence-corrected chi connectivity index (χ1v) is 14.5. The number of benzene rings is 3. The van der Waals surface area contributed by atoms with Crippen LogP contribution >= 0.6 is 11.3 Å². The van der Waals surface area contributed by atoms with Crippen molar-refractivity contribution in [3.8, 4) is 17.2 Å². The summed E-state index contributed by atoms with van der Waals surface area (Å²) in [6, 6.07) is 15.6. The number of thiazole rings is 1. The first-order valence-electron chi connectivity index (χ1n) is 13.7. The van der Waals surface area contributed by atoms with Crippen molar-refractivity contribution in [2.75, 3.05) is 18.1 Å². The minimum Gasteiger partial charge on any atom is -0.507 e. The van der Waals surface area contributed by atoms with Gasteiger partial charge in [-0.05, 0) is 86.8 Å². The number of ketones is 1. The van der Waals surface area contributed by atoms with Crippen molar-refractivity contribution in [2.24, 2.45) is 0 Å². The first-order chi connectivity index (χ1) is 19.8. The molecule has 2 atom stereocenters. The summed E-state index contributed by atoms with van der Waals surface area (Å²) in [7, 11) is 0. The van der Waals surface area contributed by atoms with Crippen LogP contribution in [0.3, 0.4) is 0 Å². The summed E-state index contributed by atoms with van der Waals surface area (Å²) in [6.45, 7) is 8.57. The van der Waals surface area contributed by atoms with E-state index in [0.29, 0.717) is 47.4 Å². The van der Waals surface area contributed by atoms with Gasteiger partial charge in [-0.15, -0.1) is 0 Å². The van der Waals surface area contributed by atoms with E-state index in [9.17, 15) is 14.7 Å². The van der Waals surface area contributed by atoms with Crippen molar-refractivity contribution in [2.45, 2.75) is 46.3 Å². The maximum atomic E-state index is 13.7. The normalized spacial score (nSPS) is 19.5. The average molecular weight is 571 g/mol. The van der Waals surface area contributed by atoms with E-state index in [-0.39, 0.29) is 17.4 Å². The number of hydrogen-bond acceptors (Lipinski definition) is 8. The van der Waals surface area contributed by atoms with E-state index in [2.05, 4.69) is 0 Å². The standard InChI is InChI=1S/C32H30N2O6S/c1-5-38-24-12-8-19(16-25(24)39-6-2)28-27(29(35)20-9-11-23-21(15-20)14-18(4)40-23)30(36)31(37)34(28)32-33-22-10-7-17(3)13-26(22)41-32/h7-13,15-16,18,28,35H,5-6,14H2,1-4H3/b29-27-. The van der Waals surface area contributed by atoms with Gasteiger partial charge in [0.05, 0.1) is 35.0 Å². The van der Waals surface area contributed by atoms with Crippen LogP contribution in [0.4, 0.5) is 5.13 Å². The van der Waals surface area contributed by atoms with Crippen LogP contribution < -0.4 is 19.1 Å². The highest BCUT2D eigenvalue weighted by atomic mass is 32.1. The van der Waals surface area contributed by atoms with Crippen molar-refractivity contribution >= 4 is 44.1 Å². The monoisotopic (exact) mass is 570 g/mol. The van der Waals surface area contributed by atoms with Crippen LogP contribution in [0.1, 0.15) is 49.1 Å². The maximum Gasteiger partial charge on any atom is 0.301 e. The fourth-order valence-electron chi connectivity index (χ4n) is 5.43. The molecule has 4 aromatic rings. The van der Waals surface area contributed by atoms with Crippen LogP contribution in [0.15, 0.2) is 60.2 Å². The highest BCUT2D eigenvalue weighted by Gasteiger charge is 2.48. The minimum absolute atomic E-state index is 0.0102. The van der Waals surface area contributed by atoms with Crippen molar-refractivity contribution in [1.29, 1.82) is 0 Å². The topological polar surface area (TPSA) is 98.2 Å². The molecule has 0 bridgehead atoms. The van der Waals surface area contributed by atoms with E-state index < -0.39 is 17.7 Å². The number of carbonyl (C=O) groups is 2. The summed E-state index contributed by atoms with van der Waals surface area (Å²) < 4.78 is 18.3. The van der Waals surface area contributed by atoms with Crippen LogP contribution in [-0.4, -0.2) is 41.1 Å². The lowest BCUT2D eigenvalue weighted by Gasteiger charge is -2.24. The lowest BCUT2D eigenvalue weighted by Crippen LogP contribution is -2.29. The van der Waals surface area contributed by atoms with E-state index in [1.807, 2.05) is 52.0 Å². The van der Waals surface area contributed by atoms with Gasteiger partial charge in [-0.3, -0.25) is 14.5 Å². The van der Waals surface area contributed by atoms with Crippen LogP contribution in [0, 0.1) is 6.92 Å². The molecule has 1 amide bonds. The summed E-state index contributed by atoms with van der Waals surface area (Å²) in [5.41, 5.74) is 3.75. The Morgan fingerprint density at radius 2 is 1.83 bits per heavy atom. The number of aliphatic hydroxyl groups is 1. The fourth-order valence-corrected chi connectivity index (χ4v) is 6.52. The van der Waals surface area contributed by atoms with Crippen LogP contribution in [-0.2, 0) is 16.0 Å². The second-order valence-corrected chi connectivity index (χ2v) is 11.2. The van der Waals surface area contributed by atoms with Gasteiger partial charge in [0.1, 0.15) is 17.6 Å². The number of Topliss-reactive ketones (excluding diaryl/α,β-unsaturated/α-hetero) is 1. The summed E-state index contributed by atoms with van der Waals surface area (Å²) in [4.78, 5) is 33.5. The number of aryl methyl sites for hydroxylation is 1. The average Bonchev–Trinajstić information content (AvgIpc) is 3.61. The van der Waals surface area contributed by atoms with Gasteiger partial charge in [0, 0.05) is 12.0 Å². The van der Waals surface area contributed by atoms with Crippen LogP contribution in [0.5, 0.6) is 17.2 Å². The highest BCUT2D eigenvalue weighted by Crippen LogP contribution is 2.46. The lowest BCUT2D eigenvalue weighted by molar-refractivity contribution is -0.132. The Balaban J connectivity index is 1.55. The van der Waals surface area contributed by atoms with E-state index in [0.717, 1.165) is 27.1 Å². The molecule has 41 heavy (non-hydrogen) atoms. The molecule has 2 unspecified atom stereocenters. The molecule has 3 heterocycles. The molecule has 1 N–H and O–H groups in total. The number of aliphatic hydroxyl groups excluding tert-OH is 1. The lowest BCUT2D eigenvalue weighted by atomic mass is 9.94. The number of hydrogen-bond donors (Lipinski definition) is 1. The molecule has 0 radical (unpaired) electrons. The van der Waals surface area contributed by atoms with Gasteiger partial charge >= 0.3 is 5.91 Å². The van der Waals surface area contributed by atoms with Crippen molar-refractivity contribution < 1.29 is 28.9 Å². The molecule has 1 fully saturated rings. The minimum atomic E-state index is -0.935. The summed E-state index contributed by atoms with van der Waals surface area (Å²) >= 11 is 1.33. The molecule has 0 spiro atoms. The smallest absolute Gasteiger partial charge is 0.301 e. The number of nitrogens with zero attached hydrogens (tertiary/aromatic N) is 2. The summed E-state index contributed by atoms with van der Waals surface area (Å²) in [6.07, 6.45) is 0.715. The van der Waals surface area contributed by atoms with E-state index in [1.165, 1.54) is 16.2 Å². The molecular weight excluding hydrogens is 540 g/mol. The second kappa shape index (κ2) is 10.6. The Morgan fingerprint density at radius 3 is 2.61 bits per heavy atom. The summed E-state index contributed by atoms with van der Waals surface area (Å²) in [5.74, 6) is 0.0159. The van der Waals surface area contributed by atoms with Gasteiger partial charge in [0.15, 0.2) is 16.6 Å². The number of rotatable bonds is 7. The van der Waals surface area contributed by atoms with Crippen molar-refractivity contribution in [3.63, 3.8) is 0 Å². The Labute approximate surface area is 241 Å². The molecule has 8 nitrogen and oxygen atoms in total. The Hall–Kier alpha value is -4.37.